The molecule has 112 valence electrons. The molecule has 0 radical (unpaired) electrons. The summed E-state index contributed by atoms with van der Waals surface area (Å²) in [5, 5.41) is 0. The van der Waals surface area contributed by atoms with Gasteiger partial charge < -0.3 is 0 Å². The van der Waals surface area contributed by atoms with E-state index in [1.54, 1.807) is 0 Å². The van der Waals surface area contributed by atoms with E-state index in [0.717, 1.165) is 38.2 Å². The molecule has 0 atom stereocenters. The average molecular weight is 307 g/mol. The van der Waals surface area contributed by atoms with Crippen LogP contribution >= 0.6 is 0 Å². The maximum atomic E-state index is 13.5. The summed E-state index contributed by atoms with van der Waals surface area (Å²) in [6, 6.07) is 1.34. The predicted molar refractivity (Wildman–Crippen MR) is 68.1 cm³/mol. The normalized spacial score (nSPS) is 17.4. The van der Waals surface area contributed by atoms with E-state index in [-0.39, 0.29) is 12.5 Å². The van der Waals surface area contributed by atoms with Crippen molar-refractivity contribution in [3.05, 3.63) is 29.6 Å². The number of hydrogen-bond acceptors (Lipinski definition) is 2. The van der Waals surface area contributed by atoms with Gasteiger partial charge in [0.15, 0.2) is 17.5 Å². The van der Waals surface area contributed by atoms with Crippen molar-refractivity contribution in [2.75, 3.05) is 6.54 Å². The van der Waals surface area contributed by atoms with Gasteiger partial charge in [-0.1, -0.05) is 19.3 Å². The molecule has 2 rings (SSSR count). The van der Waals surface area contributed by atoms with Crippen molar-refractivity contribution in [2.45, 2.75) is 37.0 Å². The predicted octanol–water partition coefficient (Wildman–Crippen LogP) is 2.96. The third-order valence-corrected chi connectivity index (χ3v) is 5.02. The molecular weight excluding hydrogens is 291 g/mol. The average Bonchev–Trinajstić information content (AvgIpc) is 2.44. The van der Waals surface area contributed by atoms with Crippen LogP contribution in [0.15, 0.2) is 17.0 Å². The van der Waals surface area contributed by atoms with E-state index in [1.807, 2.05) is 0 Å². The second-order valence-electron chi connectivity index (χ2n) is 5.03. The highest BCUT2D eigenvalue weighted by atomic mass is 32.2. The Kier molecular flexibility index (Phi) is 4.70. The van der Waals surface area contributed by atoms with E-state index in [0.29, 0.717) is 6.07 Å². The highest BCUT2D eigenvalue weighted by Crippen LogP contribution is 2.24. The summed E-state index contributed by atoms with van der Waals surface area (Å²) in [4.78, 5) is -0.854. The van der Waals surface area contributed by atoms with Crippen molar-refractivity contribution in [1.82, 2.24) is 4.72 Å². The van der Waals surface area contributed by atoms with Gasteiger partial charge in [0.2, 0.25) is 10.0 Å². The van der Waals surface area contributed by atoms with E-state index < -0.39 is 32.4 Å². The third kappa shape index (κ3) is 3.32. The van der Waals surface area contributed by atoms with E-state index in [1.165, 1.54) is 0 Å². The van der Waals surface area contributed by atoms with E-state index in [4.69, 9.17) is 0 Å². The number of hydrogen-bond donors (Lipinski definition) is 1. The lowest BCUT2D eigenvalue weighted by Crippen LogP contribution is -2.31. The quantitative estimate of drug-likeness (QED) is 0.869. The zero-order valence-corrected chi connectivity index (χ0v) is 11.6. The molecule has 0 unspecified atom stereocenters. The molecule has 1 N–H and O–H groups in total. The molecule has 1 aromatic rings. The molecule has 3 nitrogen and oxygen atoms in total. The van der Waals surface area contributed by atoms with Crippen LogP contribution in [0.4, 0.5) is 13.2 Å². The molecular formula is C13H16F3NO2S. The van der Waals surface area contributed by atoms with Crippen LogP contribution in [0.5, 0.6) is 0 Å². The minimum Gasteiger partial charge on any atom is -0.211 e. The Morgan fingerprint density at radius 3 is 2.35 bits per heavy atom. The van der Waals surface area contributed by atoms with Gasteiger partial charge in [-0.2, -0.15) is 0 Å². The number of halogens is 3. The summed E-state index contributed by atoms with van der Waals surface area (Å²) in [6.45, 7) is 0.195. The Morgan fingerprint density at radius 2 is 1.70 bits per heavy atom. The first-order chi connectivity index (χ1) is 9.42. The van der Waals surface area contributed by atoms with Gasteiger partial charge in [0.1, 0.15) is 4.90 Å². The molecule has 0 bridgehead atoms. The van der Waals surface area contributed by atoms with Gasteiger partial charge in [-0.15, -0.1) is 0 Å². The Morgan fingerprint density at radius 1 is 1.05 bits per heavy atom. The van der Waals surface area contributed by atoms with E-state index >= 15 is 0 Å². The maximum absolute atomic E-state index is 13.5. The Bertz CT molecular complexity index is 584. The summed E-state index contributed by atoms with van der Waals surface area (Å²) >= 11 is 0. The van der Waals surface area contributed by atoms with Crippen molar-refractivity contribution in [2.24, 2.45) is 5.92 Å². The Hall–Kier alpha value is -1.08. The van der Waals surface area contributed by atoms with Crippen LogP contribution in [-0.4, -0.2) is 15.0 Å². The minimum absolute atomic E-state index is 0.195. The van der Waals surface area contributed by atoms with Crippen molar-refractivity contribution < 1.29 is 21.6 Å². The summed E-state index contributed by atoms with van der Waals surface area (Å²) < 4.78 is 65.5. The lowest BCUT2D eigenvalue weighted by atomic mass is 9.90. The van der Waals surface area contributed by atoms with Crippen LogP contribution in [0.1, 0.15) is 32.1 Å². The number of benzene rings is 1. The van der Waals surface area contributed by atoms with Gasteiger partial charge in [0, 0.05) is 6.54 Å². The van der Waals surface area contributed by atoms with Gasteiger partial charge in [0.25, 0.3) is 0 Å². The second kappa shape index (κ2) is 6.13. The summed E-state index contributed by atoms with van der Waals surface area (Å²) in [6.07, 6.45) is 5.07. The first kappa shape index (κ1) is 15.3. The van der Waals surface area contributed by atoms with Crippen LogP contribution in [0, 0.1) is 23.4 Å². The van der Waals surface area contributed by atoms with Crippen LogP contribution in [-0.2, 0) is 10.0 Å². The molecule has 0 saturated heterocycles. The second-order valence-corrected chi connectivity index (χ2v) is 6.76. The number of rotatable bonds is 4. The zero-order valence-electron chi connectivity index (χ0n) is 10.8. The first-order valence-electron chi connectivity index (χ1n) is 6.55. The summed E-state index contributed by atoms with van der Waals surface area (Å²) in [7, 11) is -4.16. The molecule has 1 aliphatic rings. The molecule has 7 heteroatoms. The van der Waals surface area contributed by atoms with E-state index in [9.17, 15) is 21.6 Å². The first-order valence-corrected chi connectivity index (χ1v) is 8.03. The lowest BCUT2D eigenvalue weighted by molar-refractivity contribution is 0.356. The van der Waals surface area contributed by atoms with Crippen LogP contribution < -0.4 is 4.72 Å². The molecule has 1 aromatic carbocycles. The number of sulfonamides is 1. The molecule has 0 aliphatic heterocycles. The van der Waals surface area contributed by atoms with Gasteiger partial charge in [-0.3, -0.25) is 0 Å². The summed E-state index contributed by atoms with van der Waals surface area (Å²) in [5.41, 5.74) is 0. The summed E-state index contributed by atoms with van der Waals surface area (Å²) in [5.74, 6) is -4.65. The highest BCUT2D eigenvalue weighted by Gasteiger charge is 2.25. The standard InChI is InChI=1S/C13H16F3NO2S/c14-10-6-7-11(13(16)12(10)15)20(18,19)17-8-9-4-2-1-3-5-9/h6-7,9,17H,1-5,8H2. The van der Waals surface area contributed by atoms with Crippen LogP contribution in [0.2, 0.25) is 0 Å². The highest BCUT2D eigenvalue weighted by molar-refractivity contribution is 7.89. The van der Waals surface area contributed by atoms with Crippen molar-refractivity contribution in [3.8, 4) is 0 Å². The van der Waals surface area contributed by atoms with Gasteiger partial charge in [-0.25, -0.2) is 26.3 Å². The van der Waals surface area contributed by atoms with Crippen LogP contribution in [0.25, 0.3) is 0 Å². The molecule has 0 spiro atoms. The topological polar surface area (TPSA) is 46.2 Å². The third-order valence-electron chi connectivity index (χ3n) is 3.58. The molecule has 0 aromatic heterocycles. The molecule has 20 heavy (non-hydrogen) atoms. The maximum Gasteiger partial charge on any atom is 0.243 e. The van der Waals surface area contributed by atoms with Gasteiger partial charge >= 0.3 is 0 Å². The fourth-order valence-corrected chi connectivity index (χ4v) is 3.60. The number of nitrogens with one attached hydrogen (secondary N) is 1. The smallest absolute Gasteiger partial charge is 0.211 e. The zero-order chi connectivity index (χ0) is 14.8. The van der Waals surface area contributed by atoms with E-state index in [2.05, 4.69) is 4.72 Å². The van der Waals surface area contributed by atoms with Crippen LogP contribution in [0.3, 0.4) is 0 Å². The monoisotopic (exact) mass is 307 g/mol. The lowest BCUT2D eigenvalue weighted by Gasteiger charge is -2.21. The fourth-order valence-electron chi connectivity index (χ4n) is 2.41. The van der Waals surface area contributed by atoms with Crippen molar-refractivity contribution in [1.29, 1.82) is 0 Å². The SMILES string of the molecule is O=S(=O)(NCC1CCCCC1)c1ccc(F)c(F)c1F. The molecule has 1 aliphatic carbocycles. The molecule has 0 amide bonds. The largest absolute Gasteiger partial charge is 0.243 e. The fraction of sp³-hybridized carbons (Fsp3) is 0.538. The van der Waals surface area contributed by atoms with Crippen molar-refractivity contribution in [3.63, 3.8) is 0 Å². The molecule has 1 saturated carbocycles. The van der Waals surface area contributed by atoms with Gasteiger partial charge in [0.05, 0.1) is 0 Å². The molecule has 0 heterocycles. The Labute approximate surface area is 116 Å². The van der Waals surface area contributed by atoms with Crippen molar-refractivity contribution >= 4 is 10.0 Å². The molecule has 1 fully saturated rings. The Balaban J connectivity index is 2.12. The van der Waals surface area contributed by atoms with Gasteiger partial charge in [-0.05, 0) is 30.9 Å². The minimum atomic E-state index is -4.16.